The number of allylic oxidation sites excluding steroid dienone is 4. The minimum absolute atomic E-state index is 0.560. The number of rotatable bonds is 1. The molecule has 0 radical (unpaired) electrons. The van der Waals surface area contributed by atoms with E-state index in [1.165, 1.54) is 12.8 Å². The Bertz CT molecular complexity index is 313. The Hall–Kier alpha value is -0.560. The lowest BCUT2D eigenvalue weighted by Gasteiger charge is -2.29. The van der Waals surface area contributed by atoms with Crippen LogP contribution in [0.2, 0.25) is 0 Å². The molecular formula is C14H20O. The Labute approximate surface area is 92.2 Å². The zero-order chi connectivity index (χ0) is 10.4. The first-order chi connectivity index (χ1) is 7.27. The van der Waals surface area contributed by atoms with Crippen LogP contribution in [0, 0.1) is 23.7 Å². The van der Waals surface area contributed by atoms with Crippen molar-refractivity contribution in [3.8, 4) is 0 Å². The van der Waals surface area contributed by atoms with E-state index in [0.29, 0.717) is 12.0 Å². The lowest BCUT2D eigenvalue weighted by atomic mass is 9.75. The maximum absolute atomic E-state index is 5.84. The van der Waals surface area contributed by atoms with Crippen LogP contribution in [0.15, 0.2) is 23.8 Å². The average molecular weight is 204 g/mol. The van der Waals surface area contributed by atoms with Gasteiger partial charge in [0, 0.05) is 6.61 Å². The van der Waals surface area contributed by atoms with Crippen molar-refractivity contribution in [2.45, 2.75) is 32.8 Å². The van der Waals surface area contributed by atoms with Crippen molar-refractivity contribution >= 4 is 0 Å². The molecule has 2 fully saturated rings. The Balaban J connectivity index is 1.92. The largest absolute Gasteiger partial charge is 0.378 e. The highest BCUT2D eigenvalue weighted by molar-refractivity contribution is 5.28. The van der Waals surface area contributed by atoms with Crippen LogP contribution in [0.1, 0.15) is 26.7 Å². The van der Waals surface area contributed by atoms with Crippen LogP contribution in [0.3, 0.4) is 0 Å². The van der Waals surface area contributed by atoms with E-state index in [2.05, 4.69) is 32.1 Å². The molecule has 82 valence electrons. The van der Waals surface area contributed by atoms with Gasteiger partial charge in [0.1, 0.15) is 0 Å². The van der Waals surface area contributed by atoms with Gasteiger partial charge >= 0.3 is 0 Å². The monoisotopic (exact) mass is 204 g/mol. The summed E-state index contributed by atoms with van der Waals surface area (Å²) in [5.41, 5.74) is 1.67. The molecule has 3 aliphatic rings. The summed E-state index contributed by atoms with van der Waals surface area (Å²) in [7, 11) is 0. The first kappa shape index (κ1) is 9.65. The van der Waals surface area contributed by atoms with Gasteiger partial charge in [0.05, 0.1) is 6.10 Å². The Morgan fingerprint density at radius 3 is 3.07 bits per heavy atom. The van der Waals surface area contributed by atoms with Crippen LogP contribution in [-0.4, -0.2) is 12.7 Å². The zero-order valence-electron chi connectivity index (χ0n) is 9.65. The van der Waals surface area contributed by atoms with Crippen LogP contribution in [-0.2, 0) is 4.74 Å². The van der Waals surface area contributed by atoms with Gasteiger partial charge in [0.15, 0.2) is 0 Å². The van der Waals surface area contributed by atoms with E-state index in [1.54, 1.807) is 5.57 Å². The molecule has 0 aromatic rings. The van der Waals surface area contributed by atoms with Crippen LogP contribution in [0.4, 0.5) is 0 Å². The molecule has 15 heavy (non-hydrogen) atoms. The second kappa shape index (κ2) is 3.48. The fraction of sp³-hybridized carbons (Fsp3) is 0.714. The molecular weight excluding hydrogens is 184 g/mol. The van der Waals surface area contributed by atoms with Crippen LogP contribution < -0.4 is 0 Å². The zero-order valence-corrected chi connectivity index (χ0v) is 9.65. The van der Waals surface area contributed by atoms with Gasteiger partial charge in [-0.15, -0.1) is 0 Å². The second-order valence-corrected chi connectivity index (χ2v) is 5.49. The minimum Gasteiger partial charge on any atom is -0.378 e. The molecule has 1 heteroatoms. The number of ether oxygens (including phenoxy) is 1. The highest BCUT2D eigenvalue weighted by Gasteiger charge is 2.47. The number of hydrogen-bond acceptors (Lipinski definition) is 1. The molecule has 0 spiro atoms. The number of hydrogen-bond donors (Lipinski definition) is 0. The van der Waals surface area contributed by atoms with Crippen LogP contribution in [0.5, 0.6) is 0 Å². The van der Waals surface area contributed by atoms with Crippen LogP contribution >= 0.6 is 0 Å². The molecule has 1 saturated heterocycles. The van der Waals surface area contributed by atoms with E-state index in [0.717, 1.165) is 24.4 Å². The number of fused-ring (bicyclic) bond motifs is 3. The molecule has 4 unspecified atom stereocenters. The van der Waals surface area contributed by atoms with Gasteiger partial charge < -0.3 is 4.74 Å². The van der Waals surface area contributed by atoms with Gasteiger partial charge in [-0.25, -0.2) is 0 Å². The smallest absolute Gasteiger partial charge is 0.0615 e. The Morgan fingerprint density at radius 2 is 2.27 bits per heavy atom. The first-order valence-electron chi connectivity index (χ1n) is 6.27. The summed E-state index contributed by atoms with van der Waals surface area (Å²) in [6.45, 7) is 5.64. The van der Waals surface area contributed by atoms with E-state index in [1.807, 2.05) is 0 Å². The summed E-state index contributed by atoms with van der Waals surface area (Å²) in [6.07, 6.45) is 10.1. The Kier molecular flexibility index (Phi) is 2.24. The van der Waals surface area contributed by atoms with E-state index in [-0.39, 0.29) is 0 Å². The van der Waals surface area contributed by atoms with Crippen molar-refractivity contribution in [3.63, 3.8) is 0 Å². The summed E-state index contributed by atoms with van der Waals surface area (Å²) in [5.74, 6) is 3.07. The summed E-state index contributed by atoms with van der Waals surface area (Å²) in [5, 5.41) is 0. The molecule has 1 aliphatic heterocycles. The quantitative estimate of drug-likeness (QED) is 0.637. The van der Waals surface area contributed by atoms with Crippen molar-refractivity contribution in [1.29, 1.82) is 0 Å². The average Bonchev–Trinajstić information content (AvgIpc) is 2.75. The van der Waals surface area contributed by atoms with Gasteiger partial charge in [-0.3, -0.25) is 0 Å². The van der Waals surface area contributed by atoms with E-state index < -0.39 is 0 Å². The highest BCUT2D eigenvalue weighted by atomic mass is 16.5. The first-order valence-corrected chi connectivity index (χ1v) is 6.27. The third-order valence-corrected chi connectivity index (χ3v) is 4.39. The SMILES string of the molecule is CC(C)C1=CC=CC2CC3OCCC3C12. The van der Waals surface area contributed by atoms with E-state index in [4.69, 9.17) is 4.74 Å². The maximum Gasteiger partial charge on any atom is 0.0615 e. The van der Waals surface area contributed by atoms with Crippen molar-refractivity contribution in [1.82, 2.24) is 0 Å². The lowest BCUT2D eigenvalue weighted by molar-refractivity contribution is 0.0990. The molecule has 3 rings (SSSR count). The molecule has 1 saturated carbocycles. The molecule has 1 nitrogen and oxygen atoms in total. The van der Waals surface area contributed by atoms with Crippen molar-refractivity contribution < 1.29 is 4.74 Å². The third-order valence-electron chi connectivity index (χ3n) is 4.39. The van der Waals surface area contributed by atoms with Gasteiger partial charge in [0.25, 0.3) is 0 Å². The molecule has 4 atom stereocenters. The van der Waals surface area contributed by atoms with E-state index in [9.17, 15) is 0 Å². The predicted molar refractivity (Wildman–Crippen MR) is 61.5 cm³/mol. The van der Waals surface area contributed by atoms with Crippen molar-refractivity contribution in [2.75, 3.05) is 6.61 Å². The molecule has 2 aliphatic carbocycles. The molecule has 0 aromatic carbocycles. The van der Waals surface area contributed by atoms with Crippen molar-refractivity contribution in [3.05, 3.63) is 23.8 Å². The van der Waals surface area contributed by atoms with Gasteiger partial charge in [0.2, 0.25) is 0 Å². The summed E-state index contributed by atoms with van der Waals surface area (Å²) in [6, 6.07) is 0. The molecule has 0 bridgehead atoms. The topological polar surface area (TPSA) is 9.23 Å². The maximum atomic E-state index is 5.84. The molecule has 1 heterocycles. The minimum atomic E-state index is 0.560. The predicted octanol–water partition coefficient (Wildman–Crippen LogP) is 3.18. The summed E-state index contributed by atoms with van der Waals surface area (Å²) >= 11 is 0. The summed E-state index contributed by atoms with van der Waals surface area (Å²) in [4.78, 5) is 0. The molecule has 0 aromatic heterocycles. The van der Waals surface area contributed by atoms with Crippen LogP contribution in [0.25, 0.3) is 0 Å². The Morgan fingerprint density at radius 1 is 1.40 bits per heavy atom. The van der Waals surface area contributed by atoms with E-state index >= 15 is 0 Å². The van der Waals surface area contributed by atoms with Crippen molar-refractivity contribution in [2.24, 2.45) is 23.7 Å². The molecule has 0 N–H and O–H groups in total. The van der Waals surface area contributed by atoms with Gasteiger partial charge in [-0.05, 0) is 36.5 Å². The fourth-order valence-electron chi connectivity index (χ4n) is 3.74. The third kappa shape index (κ3) is 1.40. The molecule has 0 amide bonds. The summed E-state index contributed by atoms with van der Waals surface area (Å²) < 4.78 is 5.84. The standard InChI is InChI=1S/C14H20O/c1-9(2)11-5-3-4-10-8-13-12(14(10)11)6-7-15-13/h3-5,9-10,12-14H,6-8H2,1-2H3. The lowest BCUT2D eigenvalue weighted by Crippen LogP contribution is -2.22. The van der Waals surface area contributed by atoms with Gasteiger partial charge in [-0.2, -0.15) is 0 Å². The normalized spacial score (nSPS) is 43.0. The highest BCUT2D eigenvalue weighted by Crippen LogP contribution is 2.50. The fourth-order valence-corrected chi connectivity index (χ4v) is 3.74. The second-order valence-electron chi connectivity index (χ2n) is 5.49. The van der Waals surface area contributed by atoms with Gasteiger partial charge in [-0.1, -0.05) is 37.6 Å².